The summed E-state index contributed by atoms with van der Waals surface area (Å²) in [4.78, 5) is 12.2. The van der Waals surface area contributed by atoms with Crippen LogP contribution in [0.4, 0.5) is 4.39 Å². The molecule has 2 N–H and O–H groups in total. The average Bonchev–Trinajstić information content (AvgIpc) is 2.87. The van der Waals surface area contributed by atoms with Crippen molar-refractivity contribution in [2.24, 2.45) is 0 Å². The fourth-order valence-corrected chi connectivity index (χ4v) is 2.77. The molecule has 6 nitrogen and oxygen atoms in total. The lowest BCUT2D eigenvalue weighted by atomic mass is 10.1. The molecule has 120 valence electrons. The topological polar surface area (TPSA) is 84.1 Å². The van der Waals surface area contributed by atoms with Gasteiger partial charge in [0, 0.05) is 11.8 Å². The van der Waals surface area contributed by atoms with Gasteiger partial charge in [0.25, 0.3) is 6.01 Å². The Hall–Kier alpha value is -2.25. The molecule has 0 aliphatic carbocycles. The number of aliphatic hydroxyl groups excluding tert-OH is 1. The van der Waals surface area contributed by atoms with Gasteiger partial charge < -0.3 is 10.2 Å². The summed E-state index contributed by atoms with van der Waals surface area (Å²) in [6, 6.07) is 2.11. The number of aliphatic hydroxyl groups is 1. The second-order valence-corrected chi connectivity index (χ2v) is 5.45. The number of hydrogen-bond acceptors (Lipinski definition) is 5. The summed E-state index contributed by atoms with van der Waals surface area (Å²) in [5.41, 5.74) is 1.64. The fourth-order valence-electron chi connectivity index (χ4n) is 2.53. The molecule has 0 unspecified atom stereocenters. The number of aromatic nitrogens is 4. The van der Waals surface area contributed by atoms with E-state index < -0.39 is 5.82 Å². The van der Waals surface area contributed by atoms with E-state index in [-0.39, 0.29) is 24.3 Å². The van der Waals surface area contributed by atoms with Gasteiger partial charge >= 0.3 is 0 Å². The molecule has 0 amide bonds. The van der Waals surface area contributed by atoms with E-state index in [0.29, 0.717) is 28.2 Å². The monoisotopic (exact) mass is 336 g/mol. The van der Waals surface area contributed by atoms with Crippen molar-refractivity contribution in [1.82, 2.24) is 19.5 Å². The Balaban J connectivity index is 2.36. The minimum Gasteiger partial charge on any atom is -0.480 e. The zero-order chi connectivity index (χ0) is 16.6. The van der Waals surface area contributed by atoms with Crippen molar-refractivity contribution in [2.45, 2.75) is 19.4 Å². The molecule has 0 saturated carbocycles. The number of aromatic hydroxyl groups is 1. The summed E-state index contributed by atoms with van der Waals surface area (Å²) in [5.74, 6) is -0.465. The Morgan fingerprint density at radius 1 is 1.30 bits per heavy atom. The highest BCUT2D eigenvalue weighted by atomic mass is 35.5. The van der Waals surface area contributed by atoms with Gasteiger partial charge in [-0.3, -0.25) is 9.55 Å². The molecular weight excluding hydrogens is 323 g/mol. The van der Waals surface area contributed by atoms with E-state index in [1.807, 2.05) is 6.92 Å². The fraction of sp³-hybridized carbons (Fsp3) is 0.267. The SMILES string of the molecule is CC[C@@H](CO)n1c(O)nc2ncc(Cl)c(-c3ccc(F)cn3)c21. The van der Waals surface area contributed by atoms with Crippen LogP contribution in [0.3, 0.4) is 0 Å². The second-order valence-electron chi connectivity index (χ2n) is 5.04. The van der Waals surface area contributed by atoms with Gasteiger partial charge in [-0.2, -0.15) is 4.98 Å². The standard InChI is InChI=1S/C15H14ClFN4O2/c1-2-9(7-22)21-13-12(11-4-3-8(17)5-18-11)10(16)6-19-14(13)20-15(21)23/h3-6,9,22H,2,7H2,1H3,(H,19,20,23)/t9-/m0/s1. The van der Waals surface area contributed by atoms with Crippen molar-refractivity contribution in [3.8, 4) is 17.3 Å². The number of pyridine rings is 2. The number of imidazole rings is 1. The van der Waals surface area contributed by atoms with Crippen LogP contribution in [0.1, 0.15) is 19.4 Å². The zero-order valence-electron chi connectivity index (χ0n) is 12.2. The lowest BCUT2D eigenvalue weighted by molar-refractivity contribution is 0.216. The molecule has 0 spiro atoms. The molecule has 0 radical (unpaired) electrons. The van der Waals surface area contributed by atoms with Gasteiger partial charge in [0.15, 0.2) is 5.65 Å². The number of hydrogen-bond donors (Lipinski definition) is 2. The van der Waals surface area contributed by atoms with Crippen LogP contribution in [0.15, 0.2) is 24.5 Å². The molecule has 0 fully saturated rings. The maximum atomic E-state index is 13.1. The first-order chi connectivity index (χ1) is 11.1. The summed E-state index contributed by atoms with van der Waals surface area (Å²) < 4.78 is 14.6. The molecule has 0 aliphatic rings. The normalized spacial score (nSPS) is 12.7. The van der Waals surface area contributed by atoms with Crippen molar-refractivity contribution >= 4 is 22.8 Å². The summed E-state index contributed by atoms with van der Waals surface area (Å²) in [6.07, 6.45) is 3.06. The first kappa shape index (κ1) is 15.6. The highest BCUT2D eigenvalue weighted by Crippen LogP contribution is 2.37. The summed E-state index contributed by atoms with van der Waals surface area (Å²) in [7, 11) is 0. The van der Waals surface area contributed by atoms with Crippen LogP contribution >= 0.6 is 11.6 Å². The van der Waals surface area contributed by atoms with Crippen LogP contribution < -0.4 is 0 Å². The van der Waals surface area contributed by atoms with Crippen molar-refractivity contribution in [2.75, 3.05) is 6.61 Å². The molecule has 23 heavy (non-hydrogen) atoms. The van der Waals surface area contributed by atoms with E-state index >= 15 is 0 Å². The molecule has 3 aromatic heterocycles. The maximum Gasteiger partial charge on any atom is 0.296 e. The van der Waals surface area contributed by atoms with Gasteiger partial charge in [-0.25, -0.2) is 9.37 Å². The number of rotatable bonds is 4. The van der Waals surface area contributed by atoms with E-state index in [2.05, 4.69) is 15.0 Å². The summed E-state index contributed by atoms with van der Waals surface area (Å²) in [5, 5.41) is 20.0. The Morgan fingerprint density at radius 2 is 2.09 bits per heavy atom. The molecular formula is C15H14ClFN4O2. The Kier molecular flexibility index (Phi) is 4.14. The molecule has 0 aliphatic heterocycles. The van der Waals surface area contributed by atoms with Crippen LogP contribution in [-0.2, 0) is 0 Å². The first-order valence-corrected chi connectivity index (χ1v) is 7.42. The first-order valence-electron chi connectivity index (χ1n) is 7.05. The van der Waals surface area contributed by atoms with Crippen molar-refractivity contribution in [1.29, 1.82) is 0 Å². The van der Waals surface area contributed by atoms with Crippen LogP contribution in [0.2, 0.25) is 5.02 Å². The van der Waals surface area contributed by atoms with Crippen LogP contribution in [0.25, 0.3) is 22.4 Å². The summed E-state index contributed by atoms with van der Waals surface area (Å²) in [6.45, 7) is 1.69. The number of nitrogens with zero attached hydrogens (tertiary/aromatic N) is 4. The third kappa shape index (κ3) is 2.62. The highest BCUT2D eigenvalue weighted by Gasteiger charge is 2.23. The molecule has 1 atom stereocenters. The lowest BCUT2D eigenvalue weighted by Crippen LogP contribution is -2.12. The largest absolute Gasteiger partial charge is 0.480 e. The van der Waals surface area contributed by atoms with E-state index in [1.54, 1.807) is 0 Å². The average molecular weight is 337 g/mol. The van der Waals surface area contributed by atoms with Gasteiger partial charge in [-0.1, -0.05) is 18.5 Å². The third-order valence-electron chi connectivity index (χ3n) is 3.68. The molecule has 0 aromatic carbocycles. The van der Waals surface area contributed by atoms with Gasteiger partial charge in [0.1, 0.15) is 11.3 Å². The van der Waals surface area contributed by atoms with Crippen molar-refractivity contribution < 1.29 is 14.6 Å². The molecule has 8 heteroatoms. The predicted octanol–water partition coefficient (Wildman–Crippen LogP) is 2.93. The number of halogens is 2. The minimum absolute atomic E-state index is 0.182. The molecule has 3 aromatic rings. The summed E-state index contributed by atoms with van der Waals surface area (Å²) >= 11 is 6.27. The molecule has 0 saturated heterocycles. The van der Waals surface area contributed by atoms with Gasteiger partial charge in [0.05, 0.1) is 29.6 Å². The van der Waals surface area contributed by atoms with Crippen LogP contribution in [0, 0.1) is 5.82 Å². The quantitative estimate of drug-likeness (QED) is 0.765. The van der Waals surface area contributed by atoms with E-state index in [9.17, 15) is 14.6 Å². The van der Waals surface area contributed by atoms with E-state index in [1.165, 1.54) is 22.9 Å². The van der Waals surface area contributed by atoms with Crippen molar-refractivity contribution in [3.63, 3.8) is 0 Å². The van der Waals surface area contributed by atoms with Crippen molar-refractivity contribution in [3.05, 3.63) is 35.4 Å². The Labute approximate surface area is 136 Å². The lowest BCUT2D eigenvalue weighted by Gasteiger charge is -2.17. The zero-order valence-corrected chi connectivity index (χ0v) is 13.0. The van der Waals surface area contributed by atoms with E-state index in [4.69, 9.17) is 11.6 Å². The predicted molar refractivity (Wildman–Crippen MR) is 83.8 cm³/mol. The van der Waals surface area contributed by atoms with Gasteiger partial charge in [0.2, 0.25) is 0 Å². The third-order valence-corrected chi connectivity index (χ3v) is 3.97. The smallest absolute Gasteiger partial charge is 0.296 e. The molecule has 0 bridgehead atoms. The van der Waals surface area contributed by atoms with Gasteiger partial charge in [-0.15, -0.1) is 0 Å². The maximum absolute atomic E-state index is 13.1. The molecule has 3 heterocycles. The van der Waals surface area contributed by atoms with Crippen LogP contribution in [0.5, 0.6) is 6.01 Å². The highest BCUT2D eigenvalue weighted by molar-refractivity contribution is 6.34. The number of fused-ring (bicyclic) bond motifs is 1. The Bertz CT molecular complexity index is 847. The van der Waals surface area contributed by atoms with E-state index in [0.717, 1.165) is 6.20 Å². The van der Waals surface area contributed by atoms with Crippen LogP contribution in [-0.4, -0.2) is 36.3 Å². The minimum atomic E-state index is -0.465. The van der Waals surface area contributed by atoms with Gasteiger partial charge in [-0.05, 0) is 18.6 Å². The Morgan fingerprint density at radius 3 is 2.70 bits per heavy atom. The second kappa shape index (κ2) is 6.10. The molecule has 3 rings (SSSR count).